The molecular formula is C32H42O10. The van der Waals surface area contributed by atoms with Gasteiger partial charge in [-0.3, -0.25) is 9.59 Å². The Bertz CT molecular complexity index is 1200. The van der Waals surface area contributed by atoms with Crippen molar-refractivity contribution in [2.45, 2.75) is 92.9 Å². The van der Waals surface area contributed by atoms with Crippen LogP contribution >= 0.6 is 0 Å². The van der Waals surface area contributed by atoms with E-state index >= 15 is 0 Å². The Morgan fingerprint density at radius 1 is 0.524 bits per heavy atom. The quantitative estimate of drug-likeness (QED) is 0.102. The average molecular weight is 587 g/mol. The molecule has 2 N–H and O–H groups in total. The Hall–Kier alpha value is -4.08. The monoisotopic (exact) mass is 586 g/mol. The number of rotatable bonds is 16. The molecule has 0 bridgehead atoms. The Morgan fingerprint density at radius 3 is 1.21 bits per heavy atom. The van der Waals surface area contributed by atoms with Crippen LogP contribution in [-0.2, 0) is 19.2 Å². The van der Waals surface area contributed by atoms with Crippen LogP contribution in [0.1, 0.15) is 84.7 Å². The second kappa shape index (κ2) is 16.4. The van der Waals surface area contributed by atoms with Crippen LogP contribution in [0, 0.1) is 41.5 Å². The molecule has 0 amide bonds. The van der Waals surface area contributed by atoms with Gasteiger partial charge in [-0.15, -0.1) is 0 Å². The predicted octanol–water partition coefficient (Wildman–Crippen LogP) is 6.10. The number of aryl methyl sites for hydroxylation is 4. The predicted molar refractivity (Wildman–Crippen MR) is 156 cm³/mol. The standard InChI is InChI=1S/C32H42O10/c1-19-17-21(3)27(39-15-11-7-9-13-25(33)34)29(23(19)5)41-31(37)32(38)42-30-24(6)20(2)18-22(4)28(30)40-16-12-8-10-14-26(35)36/h17-18H,7-16H2,1-6H3,(H,33,34)(H,35,36). The molecule has 2 aromatic rings. The van der Waals surface area contributed by atoms with E-state index in [9.17, 15) is 19.2 Å². The van der Waals surface area contributed by atoms with Crippen molar-refractivity contribution in [2.24, 2.45) is 0 Å². The molecule has 0 radical (unpaired) electrons. The zero-order chi connectivity index (χ0) is 31.4. The highest BCUT2D eigenvalue weighted by molar-refractivity contribution is 6.31. The summed E-state index contributed by atoms with van der Waals surface area (Å²) in [6.07, 6.45) is 3.81. The van der Waals surface area contributed by atoms with Crippen molar-refractivity contribution in [2.75, 3.05) is 13.2 Å². The number of ether oxygens (including phenoxy) is 4. The molecule has 0 aliphatic rings. The zero-order valence-corrected chi connectivity index (χ0v) is 25.4. The molecule has 2 rings (SSSR count). The second-order valence-electron chi connectivity index (χ2n) is 10.5. The van der Waals surface area contributed by atoms with Gasteiger partial charge in [-0.05, 0) is 113 Å². The summed E-state index contributed by atoms with van der Waals surface area (Å²) in [5, 5.41) is 17.6. The van der Waals surface area contributed by atoms with E-state index in [1.807, 2.05) is 39.8 Å². The summed E-state index contributed by atoms with van der Waals surface area (Å²) in [6.45, 7) is 11.4. The lowest BCUT2D eigenvalue weighted by atomic mass is 10.0. The van der Waals surface area contributed by atoms with Crippen LogP contribution in [0.2, 0.25) is 0 Å². The first kappa shape index (κ1) is 34.1. The summed E-state index contributed by atoms with van der Waals surface area (Å²) in [7, 11) is 0. The largest absolute Gasteiger partial charge is 0.489 e. The summed E-state index contributed by atoms with van der Waals surface area (Å²) in [4.78, 5) is 47.4. The topological polar surface area (TPSA) is 146 Å². The van der Waals surface area contributed by atoms with E-state index in [0.717, 1.165) is 22.3 Å². The van der Waals surface area contributed by atoms with Crippen molar-refractivity contribution in [1.82, 2.24) is 0 Å². The van der Waals surface area contributed by atoms with E-state index in [1.165, 1.54) is 0 Å². The SMILES string of the molecule is Cc1cc(C)c(OCCCCCC(=O)O)c(OC(=O)C(=O)Oc2c(C)c(C)cc(C)c2OCCCCCC(=O)O)c1C. The maximum atomic E-state index is 13.0. The maximum Gasteiger partial charge on any atom is 0.423 e. The first-order valence-corrected chi connectivity index (χ1v) is 14.2. The van der Waals surface area contributed by atoms with E-state index < -0.39 is 23.9 Å². The molecule has 0 spiro atoms. The summed E-state index contributed by atoms with van der Waals surface area (Å²) in [5.74, 6) is -3.17. The lowest BCUT2D eigenvalue weighted by molar-refractivity contribution is -0.156. The van der Waals surface area contributed by atoms with Crippen LogP contribution in [0.3, 0.4) is 0 Å². The molecular weight excluding hydrogens is 544 g/mol. The van der Waals surface area contributed by atoms with Gasteiger partial charge in [-0.2, -0.15) is 0 Å². The van der Waals surface area contributed by atoms with Crippen molar-refractivity contribution in [3.63, 3.8) is 0 Å². The molecule has 0 heterocycles. The molecule has 0 aliphatic carbocycles. The average Bonchev–Trinajstić information content (AvgIpc) is 2.91. The molecule has 2 aromatic carbocycles. The fourth-order valence-electron chi connectivity index (χ4n) is 4.39. The number of hydrogen-bond acceptors (Lipinski definition) is 8. The molecule has 0 atom stereocenters. The minimum Gasteiger partial charge on any atom is -0.489 e. The Labute approximate surface area is 246 Å². The second-order valence-corrected chi connectivity index (χ2v) is 10.5. The highest BCUT2D eigenvalue weighted by Gasteiger charge is 2.27. The van der Waals surface area contributed by atoms with E-state index in [1.54, 1.807) is 13.8 Å². The lowest BCUT2D eigenvalue weighted by Gasteiger charge is -2.19. The third-order valence-electron chi connectivity index (χ3n) is 6.98. The number of carboxylic acid groups (broad SMARTS) is 2. The molecule has 0 fully saturated rings. The number of unbranched alkanes of at least 4 members (excludes halogenated alkanes) is 4. The van der Waals surface area contributed by atoms with Crippen LogP contribution in [0.15, 0.2) is 12.1 Å². The van der Waals surface area contributed by atoms with E-state index in [0.29, 0.717) is 61.2 Å². The van der Waals surface area contributed by atoms with Gasteiger partial charge in [0, 0.05) is 12.8 Å². The van der Waals surface area contributed by atoms with Gasteiger partial charge in [-0.1, -0.05) is 12.1 Å². The van der Waals surface area contributed by atoms with Gasteiger partial charge in [0.05, 0.1) is 13.2 Å². The minimum atomic E-state index is -1.22. The molecule has 0 saturated heterocycles. The van der Waals surface area contributed by atoms with Gasteiger partial charge in [0.2, 0.25) is 0 Å². The number of hydrogen-bond donors (Lipinski definition) is 2. The molecule has 10 nitrogen and oxygen atoms in total. The number of carbonyl (C=O) groups is 4. The smallest absolute Gasteiger partial charge is 0.423 e. The minimum absolute atomic E-state index is 0.0904. The number of esters is 2. The number of aliphatic carboxylic acids is 2. The van der Waals surface area contributed by atoms with Gasteiger partial charge in [-0.25, -0.2) is 9.59 Å². The number of benzene rings is 2. The fourth-order valence-corrected chi connectivity index (χ4v) is 4.39. The Morgan fingerprint density at radius 2 is 0.881 bits per heavy atom. The summed E-state index contributed by atoms with van der Waals surface area (Å²) in [6, 6.07) is 3.80. The van der Waals surface area contributed by atoms with E-state index in [2.05, 4.69) is 0 Å². The van der Waals surface area contributed by atoms with Gasteiger partial charge >= 0.3 is 23.9 Å². The molecule has 0 saturated carbocycles. The highest BCUT2D eigenvalue weighted by Crippen LogP contribution is 2.39. The van der Waals surface area contributed by atoms with Gasteiger partial charge < -0.3 is 29.2 Å². The third kappa shape index (κ3) is 10.1. The fraction of sp³-hybridized carbons (Fsp3) is 0.500. The summed E-state index contributed by atoms with van der Waals surface area (Å²) < 4.78 is 23.0. The number of carbonyl (C=O) groups excluding carboxylic acids is 2. The van der Waals surface area contributed by atoms with Crippen molar-refractivity contribution in [3.8, 4) is 23.0 Å². The van der Waals surface area contributed by atoms with Crippen molar-refractivity contribution < 1.29 is 48.3 Å². The van der Waals surface area contributed by atoms with Gasteiger partial charge in [0.15, 0.2) is 23.0 Å². The normalized spacial score (nSPS) is 10.7. The van der Waals surface area contributed by atoms with Crippen LogP contribution in [0.25, 0.3) is 0 Å². The zero-order valence-electron chi connectivity index (χ0n) is 25.4. The highest BCUT2D eigenvalue weighted by atomic mass is 16.6. The molecule has 10 heteroatoms. The first-order chi connectivity index (χ1) is 19.8. The van der Waals surface area contributed by atoms with Gasteiger partial charge in [0.25, 0.3) is 0 Å². The molecule has 0 unspecified atom stereocenters. The molecule has 0 aromatic heterocycles. The van der Waals surface area contributed by atoms with Crippen LogP contribution in [0.4, 0.5) is 0 Å². The summed E-state index contributed by atoms with van der Waals surface area (Å²) >= 11 is 0. The van der Waals surface area contributed by atoms with Crippen molar-refractivity contribution in [1.29, 1.82) is 0 Å². The van der Waals surface area contributed by atoms with Crippen molar-refractivity contribution >= 4 is 23.9 Å². The van der Waals surface area contributed by atoms with E-state index in [4.69, 9.17) is 29.2 Å². The maximum absolute atomic E-state index is 13.0. The van der Waals surface area contributed by atoms with Crippen LogP contribution < -0.4 is 18.9 Å². The Kier molecular flexibility index (Phi) is 13.3. The number of carboxylic acids is 2. The molecule has 42 heavy (non-hydrogen) atoms. The molecule has 230 valence electrons. The lowest BCUT2D eigenvalue weighted by Crippen LogP contribution is -2.27. The van der Waals surface area contributed by atoms with Crippen LogP contribution in [0.5, 0.6) is 23.0 Å². The Balaban J connectivity index is 2.16. The molecule has 0 aliphatic heterocycles. The first-order valence-electron chi connectivity index (χ1n) is 14.2. The van der Waals surface area contributed by atoms with Gasteiger partial charge in [0.1, 0.15) is 0 Å². The van der Waals surface area contributed by atoms with E-state index in [-0.39, 0.29) is 37.6 Å². The summed E-state index contributed by atoms with van der Waals surface area (Å²) in [5.41, 5.74) is 4.42. The third-order valence-corrected chi connectivity index (χ3v) is 6.98. The van der Waals surface area contributed by atoms with Crippen LogP contribution in [-0.4, -0.2) is 47.3 Å². The van der Waals surface area contributed by atoms with Crippen molar-refractivity contribution in [3.05, 3.63) is 45.5 Å².